The molecule has 2 aromatic carbocycles. The molecule has 0 amide bonds. The first-order valence-electron chi connectivity index (χ1n) is 6.62. The second-order valence-corrected chi connectivity index (χ2v) is 4.58. The SMILES string of the molecule is CCOc1ccccc1-c1cc2ccc(C=O)cc2[nH]1. The van der Waals surface area contributed by atoms with Crippen LogP contribution in [0.5, 0.6) is 5.75 Å². The maximum atomic E-state index is 10.8. The lowest BCUT2D eigenvalue weighted by Gasteiger charge is -2.08. The number of para-hydroxylation sites is 1. The van der Waals surface area contributed by atoms with E-state index in [-0.39, 0.29) is 0 Å². The summed E-state index contributed by atoms with van der Waals surface area (Å²) in [4.78, 5) is 14.2. The molecule has 1 aromatic heterocycles. The first-order chi connectivity index (χ1) is 9.81. The molecule has 0 aliphatic heterocycles. The molecule has 20 heavy (non-hydrogen) atoms. The van der Waals surface area contributed by atoms with Gasteiger partial charge in [0, 0.05) is 22.0 Å². The van der Waals surface area contributed by atoms with Crippen molar-refractivity contribution < 1.29 is 9.53 Å². The highest BCUT2D eigenvalue weighted by molar-refractivity contribution is 5.91. The maximum absolute atomic E-state index is 10.8. The van der Waals surface area contributed by atoms with Crippen LogP contribution in [0.3, 0.4) is 0 Å². The van der Waals surface area contributed by atoms with Crippen LogP contribution < -0.4 is 4.74 Å². The molecule has 0 unspecified atom stereocenters. The zero-order valence-electron chi connectivity index (χ0n) is 11.2. The van der Waals surface area contributed by atoms with Crippen LogP contribution in [-0.4, -0.2) is 17.9 Å². The van der Waals surface area contributed by atoms with Crippen LogP contribution in [0, 0.1) is 0 Å². The number of aromatic amines is 1. The Hall–Kier alpha value is -2.55. The third kappa shape index (κ3) is 2.18. The van der Waals surface area contributed by atoms with Gasteiger partial charge in [0.05, 0.1) is 12.3 Å². The number of carbonyl (C=O) groups excluding carboxylic acids is 1. The lowest BCUT2D eigenvalue weighted by Crippen LogP contribution is -1.93. The highest BCUT2D eigenvalue weighted by atomic mass is 16.5. The molecule has 0 saturated carbocycles. The lowest BCUT2D eigenvalue weighted by atomic mass is 10.1. The Bertz CT molecular complexity index is 759. The molecule has 0 bridgehead atoms. The largest absolute Gasteiger partial charge is 0.493 e. The number of hydrogen-bond acceptors (Lipinski definition) is 2. The standard InChI is InChI=1S/C17H15NO2/c1-2-20-17-6-4-3-5-14(17)16-10-13-8-7-12(11-19)9-15(13)18-16/h3-11,18H,2H2,1H3. The zero-order valence-corrected chi connectivity index (χ0v) is 11.2. The van der Waals surface area contributed by atoms with Crippen LogP contribution in [0.1, 0.15) is 17.3 Å². The van der Waals surface area contributed by atoms with Crippen molar-refractivity contribution in [2.45, 2.75) is 6.92 Å². The molecule has 1 N–H and O–H groups in total. The van der Waals surface area contributed by atoms with Gasteiger partial charge in [-0.1, -0.05) is 24.3 Å². The van der Waals surface area contributed by atoms with Crippen LogP contribution >= 0.6 is 0 Å². The first-order valence-corrected chi connectivity index (χ1v) is 6.62. The number of hydrogen-bond donors (Lipinski definition) is 1. The molecule has 0 fully saturated rings. The summed E-state index contributed by atoms with van der Waals surface area (Å²) in [6.45, 7) is 2.60. The Morgan fingerprint density at radius 2 is 2.00 bits per heavy atom. The number of H-pyrrole nitrogens is 1. The summed E-state index contributed by atoms with van der Waals surface area (Å²) in [5, 5.41) is 1.08. The van der Waals surface area contributed by atoms with Crippen molar-refractivity contribution in [2.24, 2.45) is 0 Å². The molecule has 0 saturated heterocycles. The summed E-state index contributed by atoms with van der Waals surface area (Å²) >= 11 is 0. The normalized spacial score (nSPS) is 10.7. The molecule has 3 nitrogen and oxygen atoms in total. The smallest absolute Gasteiger partial charge is 0.150 e. The van der Waals surface area contributed by atoms with E-state index in [1.807, 2.05) is 49.4 Å². The zero-order chi connectivity index (χ0) is 13.9. The average Bonchev–Trinajstić information content (AvgIpc) is 2.90. The lowest BCUT2D eigenvalue weighted by molar-refractivity contribution is 0.112. The third-order valence-corrected chi connectivity index (χ3v) is 3.26. The van der Waals surface area contributed by atoms with Gasteiger partial charge in [0.25, 0.3) is 0 Å². The number of nitrogens with one attached hydrogen (secondary N) is 1. The van der Waals surface area contributed by atoms with Gasteiger partial charge in [-0.15, -0.1) is 0 Å². The molecular formula is C17H15NO2. The van der Waals surface area contributed by atoms with Gasteiger partial charge >= 0.3 is 0 Å². The van der Waals surface area contributed by atoms with Gasteiger partial charge in [-0.2, -0.15) is 0 Å². The van der Waals surface area contributed by atoms with Gasteiger partial charge in [-0.25, -0.2) is 0 Å². The highest BCUT2D eigenvalue weighted by Crippen LogP contribution is 2.31. The quantitative estimate of drug-likeness (QED) is 0.723. The van der Waals surface area contributed by atoms with E-state index in [9.17, 15) is 4.79 Å². The second kappa shape index (κ2) is 5.21. The molecule has 0 aliphatic carbocycles. The topological polar surface area (TPSA) is 42.1 Å². The molecule has 3 heteroatoms. The number of aldehydes is 1. The molecule has 0 atom stereocenters. The molecular weight excluding hydrogens is 250 g/mol. The molecule has 0 aliphatic rings. The van der Waals surface area contributed by atoms with Crippen molar-refractivity contribution in [3.8, 4) is 17.0 Å². The molecule has 3 rings (SSSR count). The Morgan fingerprint density at radius 3 is 2.80 bits per heavy atom. The van der Waals surface area contributed by atoms with Gasteiger partial charge < -0.3 is 9.72 Å². The fourth-order valence-corrected chi connectivity index (χ4v) is 2.33. The van der Waals surface area contributed by atoms with E-state index in [2.05, 4.69) is 11.1 Å². The highest BCUT2D eigenvalue weighted by Gasteiger charge is 2.08. The molecule has 1 heterocycles. The third-order valence-electron chi connectivity index (χ3n) is 3.26. The van der Waals surface area contributed by atoms with Gasteiger partial charge in [0.1, 0.15) is 12.0 Å². The molecule has 0 spiro atoms. The minimum Gasteiger partial charge on any atom is -0.493 e. The number of aromatic nitrogens is 1. The van der Waals surface area contributed by atoms with E-state index in [0.717, 1.165) is 34.2 Å². The number of carbonyl (C=O) groups is 1. The summed E-state index contributed by atoms with van der Waals surface area (Å²) in [6.07, 6.45) is 0.855. The van der Waals surface area contributed by atoms with Crippen molar-refractivity contribution >= 4 is 17.2 Å². The Kier molecular flexibility index (Phi) is 3.25. The summed E-state index contributed by atoms with van der Waals surface area (Å²) in [5.41, 5.74) is 3.64. The second-order valence-electron chi connectivity index (χ2n) is 4.58. The minimum atomic E-state index is 0.631. The number of ether oxygens (including phenoxy) is 1. The maximum Gasteiger partial charge on any atom is 0.150 e. The number of fused-ring (bicyclic) bond motifs is 1. The molecule has 100 valence electrons. The van der Waals surface area contributed by atoms with E-state index in [1.54, 1.807) is 0 Å². The first kappa shape index (κ1) is 12.5. The van der Waals surface area contributed by atoms with Crippen molar-refractivity contribution in [3.05, 3.63) is 54.1 Å². The predicted molar refractivity (Wildman–Crippen MR) is 80.3 cm³/mol. The van der Waals surface area contributed by atoms with E-state index in [4.69, 9.17) is 4.74 Å². The van der Waals surface area contributed by atoms with Crippen LogP contribution in [-0.2, 0) is 0 Å². The average molecular weight is 265 g/mol. The van der Waals surface area contributed by atoms with E-state index in [1.165, 1.54) is 0 Å². The summed E-state index contributed by atoms with van der Waals surface area (Å²) in [7, 11) is 0. The Morgan fingerprint density at radius 1 is 1.15 bits per heavy atom. The van der Waals surface area contributed by atoms with Crippen LogP contribution in [0.15, 0.2) is 48.5 Å². The van der Waals surface area contributed by atoms with Gasteiger partial charge in [-0.3, -0.25) is 4.79 Å². The summed E-state index contributed by atoms with van der Waals surface area (Å²) in [6, 6.07) is 15.6. The summed E-state index contributed by atoms with van der Waals surface area (Å²) in [5.74, 6) is 0.858. The van der Waals surface area contributed by atoms with Crippen LogP contribution in [0.2, 0.25) is 0 Å². The van der Waals surface area contributed by atoms with Crippen LogP contribution in [0.25, 0.3) is 22.2 Å². The fourth-order valence-electron chi connectivity index (χ4n) is 2.33. The van der Waals surface area contributed by atoms with E-state index >= 15 is 0 Å². The fraction of sp³-hybridized carbons (Fsp3) is 0.118. The Balaban J connectivity index is 2.12. The molecule has 0 radical (unpaired) electrons. The predicted octanol–water partition coefficient (Wildman–Crippen LogP) is 4.05. The van der Waals surface area contributed by atoms with Gasteiger partial charge in [0.2, 0.25) is 0 Å². The van der Waals surface area contributed by atoms with Crippen molar-refractivity contribution in [3.63, 3.8) is 0 Å². The van der Waals surface area contributed by atoms with E-state index in [0.29, 0.717) is 12.2 Å². The Labute approximate surface area is 117 Å². The summed E-state index contributed by atoms with van der Waals surface area (Å²) < 4.78 is 5.66. The van der Waals surface area contributed by atoms with Crippen molar-refractivity contribution in [2.75, 3.05) is 6.61 Å². The minimum absolute atomic E-state index is 0.631. The van der Waals surface area contributed by atoms with Crippen LogP contribution in [0.4, 0.5) is 0 Å². The monoisotopic (exact) mass is 265 g/mol. The number of benzene rings is 2. The molecule has 3 aromatic rings. The van der Waals surface area contributed by atoms with Gasteiger partial charge in [-0.05, 0) is 31.2 Å². The number of rotatable bonds is 4. The van der Waals surface area contributed by atoms with Crippen molar-refractivity contribution in [1.82, 2.24) is 4.98 Å². The van der Waals surface area contributed by atoms with E-state index < -0.39 is 0 Å². The van der Waals surface area contributed by atoms with Gasteiger partial charge in [0.15, 0.2) is 0 Å². The van der Waals surface area contributed by atoms with Crippen molar-refractivity contribution in [1.29, 1.82) is 0 Å².